The van der Waals surface area contributed by atoms with Gasteiger partial charge in [0.1, 0.15) is 0 Å². The maximum Gasteiger partial charge on any atom is 0.0124 e. The van der Waals surface area contributed by atoms with Crippen LogP contribution < -0.4 is 5.32 Å². The minimum absolute atomic E-state index is 0.733. The molecule has 0 bridgehead atoms. The topological polar surface area (TPSA) is 15.3 Å². The number of hydrogen-bond donors (Lipinski definition) is 1. The molecular weight excluding hydrogens is 220 g/mol. The second-order valence-corrected chi connectivity index (χ2v) is 6.26. The monoisotopic (exact) mass is 252 g/mol. The van der Waals surface area contributed by atoms with Crippen LogP contribution in [0.4, 0.5) is 0 Å². The van der Waals surface area contributed by atoms with Gasteiger partial charge in [0, 0.05) is 25.2 Å². The lowest BCUT2D eigenvalue weighted by molar-refractivity contribution is 0.0612. The average molecular weight is 252 g/mol. The van der Waals surface area contributed by atoms with Crippen molar-refractivity contribution in [2.75, 3.05) is 19.6 Å². The Balaban J connectivity index is 1.73. The number of rotatable bonds is 6. The highest BCUT2D eigenvalue weighted by Crippen LogP contribution is 2.34. The molecule has 0 amide bonds. The van der Waals surface area contributed by atoms with Gasteiger partial charge < -0.3 is 5.32 Å². The van der Waals surface area contributed by atoms with Crippen LogP contribution in [0, 0.1) is 5.92 Å². The van der Waals surface area contributed by atoms with Crippen molar-refractivity contribution in [3.8, 4) is 0 Å². The highest BCUT2D eigenvalue weighted by atomic mass is 15.2. The molecule has 106 valence electrons. The van der Waals surface area contributed by atoms with Gasteiger partial charge in [-0.2, -0.15) is 0 Å². The third kappa shape index (κ3) is 3.71. The van der Waals surface area contributed by atoms with Gasteiger partial charge >= 0.3 is 0 Å². The Hall–Kier alpha value is -0.0800. The van der Waals surface area contributed by atoms with Crippen LogP contribution in [0.1, 0.15) is 65.2 Å². The summed E-state index contributed by atoms with van der Waals surface area (Å²) in [5.41, 5.74) is 0. The number of piperidine rings is 1. The standard InChI is InChI=1S/C16H32N2/c1-3-15(4-2)17-11-13-18-12-7-9-14-8-5-6-10-16(14)18/h14-17H,3-13H2,1-2H3. The zero-order valence-corrected chi connectivity index (χ0v) is 12.5. The van der Waals surface area contributed by atoms with Crippen molar-refractivity contribution in [2.24, 2.45) is 5.92 Å². The van der Waals surface area contributed by atoms with Gasteiger partial charge in [0.15, 0.2) is 0 Å². The second-order valence-electron chi connectivity index (χ2n) is 6.26. The van der Waals surface area contributed by atoms with Gasteiger partial charge in [-0.25, -0.2) is 0 Å². The smallest absolute Gasteiger partial charge is 0.0124 e. The lowest BCUT2D eigenvalue weighted by Crippen LogP contribution is -2.49. The SMILES string of the molecule is CCC(CC)NCCN1CCCC2CCCCC21. The Kier molecular flexibility index (Phi) is 5.97. The van der Waals surface area contributed by atoms with E-state index in [-0.39, 0.29) is 0 Å². The van der Waals surface area contributed by atoms with Gasteiger partial charge in [0.05, 0.1) is 0 Å². The van der Waals surface area contributed by atoms with Gasteiger partial charge in [-0.1, -0.05) is 26.7 Å². The Morgan fingerprint density at radius 3 is 2.56 bits per heavy atom. The molecule has 0 aromatic heterocycles. The maximum absolute atomic E-state index is 3.72. The van der Waals surface area contributed by atoms with E-state index in [4.69, 9.17) is 0 Å². The number of nitrogens with one attached hydrogen (secondary N) is 1. The molecule has 1 N–H and O–H groups in total. The summed E-state index contributed by atoms with van der Waals surface area (Å²) in [6.45, 7) is 8.40. The molecule has 18 heavy (non-hydrogen) atoms. The normalized spacial score (nSPS) is 29.5. The van der Waals surface area contributed by atoms with Crippen LogP contribution in [0.2, 0.25) is 0 Å². The summed E-state index contributed by atoms with van der Waals surface area (Å²) in [5, 5.41) is 3.72. The van der Waals surface area contributed by atoms with E-state index in [0.717, 1.165) is 18.0 Å². The Morgan fingerprint density at radius 1 is 1.06 bits per heavy atom. The van der Waals surface area contributed by atoms with Crippen molar-refractivity contribution >= 4 is 0 Å². The molecule has 0 radical (unpaired) electrons. The molecule has 1 aliphatic heterocycles. The van der Waals surface area contributed by atoms with E-state index < -0.39 is 0 Å². The number of likely N-dealkylation sites (tertiary alicyclic amines) is 1. The lowest BCUT2D eigenvalue weighted by Gasteiger charge is -2.44. The minimum atomic E-state index is 0.733. The van der Waals surface area contributed by atoms with Crippen molar-refractivity contribution in [3.63, 3.8) is 0 Å². The van der Waals surface area contributed by atoms with E-state index in [1.807, 2.05) is 0 Å². The van der Waals surface area contributed by atoms with Crippen LogP contribution in [-0.2, 0) is 0 Å². The largest absolute Gasteiger partial charge is 0.313 e. The van der Waals surface area contributed by atoms with E-state index in [1.165, 1.54) is 71.0 Å². The molecule has 0 spiro atoms. The molecule has 2 atom stereocenters. The summed E-state index contributed by atoms with van der Waals surface area (Å²) in [6, 6.07) is 1.66. The molecule has 2 unspecified atom stereocenters. The minimum Gasteiger partial charge on any atom is -0.313 e. The van der Waals surface area contributed by atoms with Crippen LogP contribution >= 0.6 is 0 Å². The molecule has 1 aliphatic carbocycles. The summed E-state index contributed by atoms with van der Waals surface area (Å²) < 4.78 is 0. The Morgan fingerprint density at radius 2 is 1.78 bits per heavy atom. The zero-order valence-electron chi connectivity index (χ0n) is 12.5. The summed E-state index contributed by atoms with van der Waals surface area (Å²) >= 11 is 0. The average Bonchev–Trinajstić information content (AvgIpc) is 2.44. The highest BCUT2D eigenvalue weighted by molar-refractivity contribution is 4.87. The molecule has 0 aromatic rings. The predicted molar refractivity (Wildman–Crippen MR) is 78.9 cm³/mol. The molecule has 2 nitrogen and oxygen atoms in total. The number of fused-ring (bicyclic) bond motifs is 1. The van der Waals surface area contributed by atoms with E-state index in [2.05, 4.69) is 24.1 Å². The van der Waals surface area contributed by atoms with Crippen molar-refractivity contribution < 1.29 is 0 Å². The molecule has 2 heteroatoms. The fraction of sp³-hybridized carbons (Fsp3) is 1.00. The van der Waals surface area contributed by atoms with Crippen molar-refractivity contribution in [1.82, 2.24) is 10.2 Å². The molecule has 1 heterocycles. The Bertz CT molecular complexity index is 223. The number of nitrogens with zero attached hydrogens (tertiary/aromatic N) is 1. The second kappa shape index (κ2) is 7.49. The summed E-state index contributed by atoms with van der Waals surface area (Å²) in [7, 11) is 0. The first-order valence-corrected chi connectivity index (χ1v) is 8.32. The van der Waals surface area contributed by atoms with E-state index in [1.54, 1.807) is 0 Å². The summed E-state index contributed by atoms with van der Waals surface area (Å²) in [6.07, 6.45) is 11.4. The van der Waals surface area contributed by atoms with E-state index in [9.17, 15) is 0 Å². The van der Waals surface area contributed by atoms with E-state index >= 15 is 0 Å². The van der Waals surface area contributed by atoms with Crippen LogP contribution in [-0.4, -0.2) is 36.6 Å². The van der Waals surface area contributed by atoms with Crippen LogP contribution in [0.5, 0.6) is 0 Å². The zero-order chi connectivity index (χ0) is 12.8. The third-order valence-electron chi connectivity index (χ3n) is 5.18. The van der Waals surface area contributed by atoms with Crippen molar-refractivity contribution in [1.29, 1.82) is 0 Å². The first-order chi connectivity index (χ1) is 8.85. The molecule has 1 saturated carbocycles. The first-order valence-electron chi connectivity index (χ1n) is 8.32. The fourth-order valence-corrected chi connectivity index (χ4v) is 4.00. The molecule has 0 aromatic carbocycles. The number of hydrogen-bond acceptors (Lipinski definition) is 2. The lowest BCUT2D eigenvalue weighted by atomic mass is 9.78. The van der Waals surface area contributed by atoms with Crippen LogP contribution in [0.3, 0.4) is 0 Å². The van der Waals surface area contributed by atoms with Crippen molar-refractivity contribution in [2.45, 2.75) is 77.3 Å². The quantitative estimate of drug-likeness (QED) is 0.779. The fourth-order valence-electron chi connectivity index (χ4n) is 4.00. The highest BCUT2D eigenvalue weighted by Gasteiger charge is 2.32. The molecule has 1 saturated heterocycles. The summed E-state index contributed by atoms with van der Waals surface area (Å²) in [4.78, 5) is 2.79. The predicted octanol–water partition coefficient (Wildman–Crippen LogP) is 3.42. The first kappa shape index (κ1) is 14.3. The molecule has 2 rings (SSSR count). The van der Waals surface area contributed by atoms with Crippen LogP contribution in [0.15, 0.2) is 0 Å². The maximum atomic E-state index is 3.72. The molecule has 2 aliphatic rings. The van der Waals surface area contributed by atoms with Gasteiger partial charge in [0.2, 0.25) is 0 Å². The van der Waals surface area contributed by atoms with Gasteiger partial charge in [-0.05, 0) is 51.0 Å². The van der Waals surface area contributed by atoms with Gasteiger partial charge in [-0.3, -0.25) is 4.90 Å². The molecule has 2 fully saturated rings. The van der Waals surface area contributed by atoms with Crippen molar-refractivity contribution in [3.05, 3.63) is 0 Å². The van der Waals surface area contributed by atoms with E-state index in [0.29, 0.717) is 0 Å². The third-order valence-corrected chi connectivity index (χ3v) is 5.18. The molecular formula is C16H32N2. The summed E-state index contributed by atoms with van der Waals surface area (Å²) in [5.74, 6) is 1.03. The van der Waals surface area contributed by atoms with Gasteiger partial charge in [-0.15, -0.1) is 0 Å². The van der Waals surface area contributed by atoms with Gasteiger partial charge in [0.25, 0.3) is 0 Å². The van der Waals surface area contributed by atoms with Crippen LogP contribution in [0.25, 0.3) is 0 Å². The Labute approximate surface area is 114 Å².